The van der Waals surface area contributed by atoms with Crippen LogP contribution in [0.4, 0.5) is 0 Å². The number of hydrogen-bond donors (Lipinski definition) is 4. The smallest absolute Gasteiger partial charge is 0.272 e. The number of fused-ring (bicyclic) bond motifs is 1. The normalized spacial score (nSPS) is 15.4. The molecule has 0 radical (unpaired) electrons. The molecule has 0 atom stereocenters. The molecule has 1 saturated carbocycles. The monoisotopic (exact) mass is 371 g/mol. The molecule has 0 aliphatic heterocycles. The van der Waals surface area contributed by atoms with Gasteiger partial charge in [-0.05, 0) is 18.9 Å². The van der Waals surface area contributed by atoms with Gasteiger partial charge in [-0.15, -0.1) is 0 Å². The van der Waals surface area contributed by atoms with Crippen LogP contribution in [-0.2, 0) is 4.79 Å². The summed E-state index contributed by atoms with van der Waals surface area (Å²) in [6, 6.07) is 8.06. The van der Waals surface area contributed by atoms with Crippen LogP contribution in [0, 0.1) is 0 Å². The van der Waals surface area contributed by atoms with Gasteiger partial charge in [0.25, 0.3) is 5.91 Å². The number of hydrogen-bond acceptors (Lipinski definition) is 4. The summed E-state index contributed by atoms with van der Waals surface area (Å²) in [5.41, 5.74) is 1.18. The summed E-state index contributed by atoms with van der Waals surface area (Å²) in [6.07, 6.45) is 8.02. The van der Waals surface area contributed by atoms with Crippen LogP contribution in [0.2, 0.25) is 0 Å². The number of amides is 2. The lowest BCUT2D eigenvalue weighted by atomic mass is 10.1. The summed E-state index contributed by atoms with van der Waals surface area (Å²) in [4.78, 5) is 24.1. The molecule has 2 aromatic rings. The average molecular weight is 371 g/mol. The molecule has 0 bridgehead atoms. The Morgan fingerprint density at radius 3 is 2.59 bits per heavy atom. The molecule has 2 amide bonds. The van der Waals surface area contributed by atoms with Crippen molar-refractivity contribution in [3.05, 3.63) is 30.0 Å². The molecule has 7 nitrogen and oxygen atoms in total. The summed E-state index contributed by atoms with van der Waals surface area (Å²) in [5.74, 6) is -0.319. The van der Waals surface area contributed by atoms with Crippen molar-refractivity contribution in [2.75, 3.05) is 19.6 Å². The molecule has 1 aromatic heterocycles. The third-order valence-electron chi connectivity index (χ3n) is 5.06. The van der Waals surface area contributed by atoms with E-state index in [2.05, 4.69) is 26.1 Å². The van der Waals surface area contributed by atoms with E-state index in [-0.39, 0.29) is 18.2 Å². The summed E-state index contributed by atoms with van der Waals surface area (Å²) < 4.78 is 0. The minimum absolute atomic E-state index is 0.0511. The molecule has 0 spiro atoms. The van der Waals surface area contributed by atoms with Crippen LogP contribution >= 0.6 is 0 Å². The van der Waals surface area contributed by atoms with Gasteiger partial charge in [0.2, 0.25) is 5.91 Å². The van der Waals surface area contributed by atoms with E-state index in [0.29, 0.717) is 24.8 Å². The van der Waals surface area contributed by atoms with Crippen LogP contribution < -0.4 is 16.0 Å². The fourth-order valence-corrected chi connectivity index (χ4v) is 3.56. The Morgan fingerprint density at radius 1 is 1.00 bits per heavy atom. The summed E-state index contributed by atoms with van der Waals surface area (Å²) in [5, 5.41) is 16.9. The molecule has 4 N–H and O–H groups in total. The van der Waals surface area contributed by atoms with Gasteiger partial charge < -0.3 is 16.0 Å². The van der Waals surface area contributed by atoms with Gasteiger partial charge in [0.15, 0.2) is 5.69 Å². The molecule has 3 rings (SSSR count). The van der Waals surface area contributed by atoms with Crippen molar-refractivity contribution in [2.45, 2.75) is 51.0 Å². The highest BCUT2D eigenvalue weighted by Crippen LogP contribution is 2.17. The molecule has 27 heavy (non-hydrogen) atoms. The van der Waals surface area contributed by atoms with Gasteiger partial charge in [-0.1, -0.05) is 43.9 Å². The number of aromatic amines is 1. The van der Waals surface area contributed by atoms with Gasteiger partial charge in [0, 0.05) is 37.5 Å². The van der Waals surface area contributed by atoms with Crippen LogP contribution in [0.3, 0.4) is 0 Å². The average Bonchev–Trinajstić information content (AvgIpc) is 2.94. The van der Waals surface area contributed by atoms with Gasteiger partial charge in [-0.2, -0.15) is 5.10 Å². The Kier molecular flexibility index (Phi) is 7.21. The van der Waals surface area contributed by atoms with Crippen LogP contribution in [0.5, 0.6) is 0 Å². The van der Waals surface area contributed by atoms with E-state index in [9.17, 15) is 9.59 Å². The van der Waals surface area contributed by atoms with E-state index in [1.54, 1.807) is 0 Å². The van der Waals surface area contributed by atoms with Crippen molar-refractivity contribution in [1.29, 1.82) is 0 Å². The number of rotatable bonds is 8. The molecule has 1 heterocycles. The second-order valence-electron chi connectivity index (χ2n) is 7.12. The molecule has 1 aromatic carbocycles. The number of para-hydroxylation sites is 1. The number of nitrogens with one attached hydrogen (secondary N) is 4. The van der Waals surface area contributed by atoms with Gasteiger partial charge in [-0.3, -0.25) is 14.7 Å². The molecule has 0 unspecified atom stereocenters. The molecule has 0 saturated heterocycles. The third-order valence-corrected chi connectivity index (χ3v) is 5.06. The Balaban J connectivity index is 1.30. The molecular formula is C20H29N5O2. The molecule has 1 aliphatic carbocycles. The number of benzene rings is 1. The second kappa shape index (κ2) is 10.1. The topological polar surface area (TPSA) is 98.9 Å². The zero-order valence-electron chi connectivity index (χ0n) is 15.7. The number of carbonyl (C=O) groups is 2. The van der Waals surface area contributed by atoms with E-state index in [4.69, 9.17) is 0 Å². The van der Waals surface area contributed by atoms with Crippen LogP contribution in [0.25, 0.3) is 10.9 Å². The van der Waals surface area contributed by atoms with Crippen molar-refractivity contribution in [1.82, 2.24) is 26.1 Å². The van der Waals surface area contributed by atoms with E-state index in [1.165, 1.54) is 38.5 Å². The molecule has 146 valence electrons. The first kappa shape index (κ1) is 19.4. The second-order valence-corrected chi connectivity index (χ2v) is 7.12. The first-order valence-corrected chi connectivity index (χ1v) is 9.95. The number of nitrogens with zero attached hydrogens (tertiary/aromatic N) is 1. The standard InChI is InChI=1S/C20H29N5O2/c26-18(22-14-13-21-15-7-3-1-2-4-8-15)11-12-23-20(27)19-16-9-5-6-10-17(16)24-25-19/h5-6,9-10,15,21H,1-4,7-8,11-14H2,(H,22,26)(H,23,27)(H,24,25). The first-order valence-electron chi connectivity index (χ1n) is 9.95. The van der Waals surface area contributed by atoms with E-state index in [1.807, 2.05) is 24.3 Å². The molecule has 7 heteroatoms. The van der Waals surface area contributed by atoms with E-state index < -0.39 is 0 Å². The first-order chi connectivity index (χ1) is 13.2. The molecular weight excluding hydrogens is 342 g/mol. The van der Waals surface area contributed by atoms with Gasteiger partial charge in [-0.25, -0.2) is 0 Å². The third kappa shape index (κ3) is 5.79. The number of carbonyl (C=O) groups excluding carboxylic acids is 2. The van der Waals surface area contributed by atoms with Crippen molar-refractivity contribution in [3.8, 4) is 0 Å². The van der Waals surface area contributed by atoms with Crippen molar-refractivity contribution < 1.29 is 9.59 Å². The zero-order valence-corrected chi connectivity index (χ0v) is 15.7. The highest BCUT2D eigenvalue weighted by molar-refractivity contribution is 6.04. The maximum atomic E-state index is 12.2. The Hall–Kier alpha value is -2.41. The molecule has 1 fully saturated rings. The SMILES string of the molecule is O=C(CCNC(=O)c1n[nH]c2ccccc12)NCCNC1CCCCCC1. The van der Waals surface area contributed by atoms with Gasteiger partial charge >= 0.3 is 0 Å². The lowest BCUT2D eigenvalue weighted by Gasteiger charge is -2.16. The predicted octanol–water partition coefficient (Wildman–Crippen LogP) is 2.11. The van der Waals surface area contributed by atoms with Crippen molar-refractivity contribution in [2.24, 2.45) is 0 Å². The van der Waals surface area contributed by atoms with Crippen molar-refractivity contribution in [3.63, 3.8) is 0 Å². The quantitative estimate of drug-likeness (QED) is 0.422. The van der Waals surface area contributed by atoms with Gasteiger partial charge in [0.1, 0.15) is 0 Å². The Bertz CT molecular complexity index is 750. The maximum absolute atomic E-state index is 12.2. The van der Waals surface area contributed by atoms with Crippen LogP contribution in [0.1, 0.15) is 55.4 Å². The summed E-state index contributed by atoms with van der Waals surface area (Å²) >= 11 is 0. The Labute approximate surface area is 159 Å². The fourth-order valence-electron chi connectivity index (χ4n) is 3.56. The summed E-state index contributed by atoms with van der Waals surface area (Å²) in [7, 11) is 0. The fraction of sp³-hybridized carbons (Fsp3) is 0.550. The van der Waals surface area contributed by atoms with Crippen LogP contribution in [-0.4, -0.2) is 47.7 Å². The van der Waals surface area contributed by atoms with Crippen molar-refractivity contribution >= 4 is 22.7 Å². The number of aromatic nitrogens is 2. The number of H-pyrrole nitrogens is 1. The maximum Gasteiger partial charge on any atom is 0.272 e. The van der Waals surface area contributed by atoms with Crippen LogP contribution in [0.15, 0.2) is 24.3 Å². The van der Waals surface area contributed by atoms with E-state index >= 15 is 0 Å². The van der Waals surface area contributed by atoms with Gasteiger partial charge in [0.05, 0.1) is 5.52 Å². The zero-order chi connectivity index (χ0) is 18.9. The predicted molar refractivity (Wildman–Crippen MR) is 106 cm³/mol. The lowest BCUT2D eigenvalue weighted by Crippen LogP contribution is -2.38. The highest BCUT2D eigenvalue weighted by Gasteiger charge is 2.14. The highest BCUT2D eigenvalue weighted by atomic mass is 16.2. The minimum Gasteiger partial charge on any atom is -0.355 e. The largest absolute Gasteiger partial charge is 0.355 e. The van der Waals surface area contributed by atoms with E-state index in [0.717, 1.165) is 17.4 Å². The molecule has 1 aliphatic rings. The minimum atomic E-state index is -0.268. The Morgan fingerprint density at radius 2 is 1.78 bits per heavy atom. The lowest BCUT2D eigenvalue weighted by molar-refractivity contribution is -0.120. The summed E-state index contributed by atoms with van der Waals surface area (Å²) in [6.45, 7) is 1.71.